The molecule has 0 aromatic carbocycles. The minimum atomic E-state index is 0. The molecule has 0 aliphatic rings. The van der Waals surface area contributed by atoms with E-state index >= 15 is 0 Å². The van der Waals surface area contributed by atoms with Crippen LogP contribution in [0.4, 0.5) is 0 Å². The molecule has 0 unspecified atom stereocenters. The fourth-order valence-electron chi connectivity index (χ4n) is 0.474. The van der Waals surface area contributed by atoms with Gasteiger partial charge in [0, 0.05) is 0 Å². The molecule has 0 aromatic rings. The van der Waals surface area contributed by atoms with Crippen LogP contribution in [0.2, 0.25) is 0 Å². The second kappa shape index (κ2) is 4.83. The third-order valence-electron chi connectivity index (χ3n) is 1.25. The average Bonchev–Trinajstić information content (AvgIpc) is 1.67. The second-order valence-corrected chi connectivity index (χ2v) is 2.86. The molecule has 1 nitrogen and oxygen atoms in total. The molecular weight excluding hydrogens is 134 g/mol. The van der Waals surface area contributed by atoms with Crippen molar-refractivity contribution in [3.05, 3.63) is 12.7 Å². The summed E-state index contributed by atoms with van der Waals surface area (Å²) in [6, 6.07) is 0. The summed E-state index contributed by atoms with van der Waals surface area (Å²) in [6.07, 6.45) is 2.91. The molecular formula is C7H16ClN. The van der Waals surface area contributed by atoms with E-state index in [1.807, 2.05) is 6.08 Å². The van der Waals surface area contributed by atoms with Crippen LogP contribution in [0.15, 0.2) is 12.7 Å². The monoisotopic (exact) mass is 149 g/mol. The van der Waals surface area contributed by atoms with Gasteiger partial charge in [-0.25, -0.2) is 0 Å². The number of hydrogen-bond donors (Lipinski definition) is 1. The van der Waals surface area contributed by atoms with Crippen molar-refractivity contribution in [2.24, 2.45) is 11.1 Å². The van der Waals surface area contributed by atoms with Gasteiger partial charge in [-0.15, -0.1) is 19.0 Å². The zero-order valence-corrected chi connectivity index (χ0v) is 7.00. The zero-order valence-electron chi connectivity index (χ0n) is 6.18. The van der Waals surface area contributed by atoms with Crippen molar-refractivity contribution < 1.29 is 0 Å². The fourth-order valence-corrected chi connectivity index (χ4v) is 0.474. The van der Waals surface area contributed by atoms with Gasteiger partial charge in [0.2, 0.25) is 0 Å². The van der Waals surface area contributed by atoms with E-state index in [1.54, 1.807) is 0 Å². The van der Waals surface area contributed by atoms with E-state index in [0.717, 1.165) is 13.0 Å². The summed E-state index contributed by atoms with van der Waals surface area (Å²) < 4.78 is 0. The highest BCUT2D eigenvalue weighted by atomic mass is 35.5. The Morgan fingerprint density at radius 1 is 1.56 bits per heavy atom. The van der Waals surface area contributed by atoms with Crippen LogP contribution in [0, 0.1) is 5.41 Å². The lowest BCUT2D eigenvalue weighted by molar-refractivity contribution is 0.385. The minimum absolute atomic E-state index is 0. The molecule has 0 heterocycles. The maximum Gasteiger partial charge on any atom is -0.00229 e. The predicted octanol–water partition coefficient (Wildman–Crippen LogP) is 1.97. The summed E-state index contributed by atoms with van der Waals surface area (Å²) in [5.41, 5.74) is 5.70. The van der Waals surface area contributed by atoms with Crippen LogP contribution in [-0.4, -0.2) is 6.54 Å². The SMILES string of the molecule is C=CCC(C)(C)CN.Cl. The van der Waals surface area contributed by atoms with Crippen LogP contribution in [0.25, 0.3) is 0 Å². The van der Waals surface area contributed by atoms with Gasteiger partial charge >= 0.3 is 0 Å². The van der Waals surface area contributed by atoms with Crippen molar-refractivity contribution in [1.82, 2.24) is 0 Å². The van der Waals surface area contributed by atoms with E-state index in [1.165, 1.54) is 0 Å². The number of hydrogen-bond acceptors (Lipinski definition) is 1. The van der Waals surface area contributed by atoms with Crippen LogP contribution in [0.5, 0.6) is 0 Å². The number of rotatable bonds is 3. The normalized spacial score (nSPS) is 10.1. The van der Waals surface area contributed by atoms with E-state index in [9.17, 15) is 0 Å². The molecule has 9 heavy (non-hydrogen) atoms. The van der Waals surface area contributed by atoms with E-state index in [0.29, 0.717) is 0 Å². The maximum absolute atomic E-state index is 5.44. The Morgan fingerprint density at radius 2 is 2.00 bits per heavy atom. The van der Waals surface area contributed by atoms with Gasteiger partial charge in [-0.1, -0.05) is 19.9 Å². The van der Waals surface area contributed by atoms with Gasteiger partial charge in [-0.2, -0.15) is 0 Å². The first-order valence-electron chi connectivity index (χ1n) is 2.93. The second-order valence-electron chi connectivity index (χ2n) is 2.86. The Labute approximate surface area is 63.7 Å². The van der Waals surface area contributed by atoms with E-state index in [-0.39, 0.29) is 17.8 Å². The van der Waals surface area contributed by atoms with Crippen LogP contribution in [-0.2, 0) is 0 Å². The third kappa shape index (κ3) is 5.87. The fraction of sp³-hybridized carbons (Fsp3) is 0.714. The summed E-state index contributed by atoms with van der Waals surface area (Å²) >= 11 is 0. The predicted molar refractivity (Wildman–Crippen MR) is 44.9 cm³/mol. The Bertz CT molecular complexity index is 79.0. The Balaban J connectivity index is 0. The molecule has 0 amide bonds. The summed E-state index contributed by atoms with van der Waals surface area (Å²) in [7, 11) is 0. The molecule has 2 heteroatoms. The molecule has 0 aromatic heterocycles. The van der Waals surface area contributed by atoms with E-state index < -0.39 is 0 Å². The zero-order chi connectivity index (χ0) is 6.62. The molecule has 2 N–H and O–H groups in total. The van der Waals surface area contributed by atoms with Crippen molar-refractivity contribution >= 4 is 12.4 Å². The maximum atomic E-state index is 5.44. The van der Waals surface area contributed by atoms with Crippen molar-refractivity contribution in [1.29, 1.82) is 0 Å². The standard InChI is InChI=1S/C7H15N.ClH/c1-4-5-7(2,3)6-8;/h4H,1,5-6,8H2,2-3H3;1H. The highest BCUT2D eigenvalue weighted by Gasteiger charge is 2.11. The van der Waals surface area contributed by atoms with Gasteiger partial charge in [0.15, 0.2) is 0 Å². The lowest BCUT2D eigenvalue weighted by Gasteiger charge is -2.18. The van der Waals surface area contributed by atoms with Crippen molar-refractivity contribution in [2.45, 2.75) is 20.3 Å². The van der Waals surface area contributed by atoms with Crippen molar-refractivity contribution in [2.75, 3.05) is 6.54 Å². The molecule has 0 rings (SSSR count). The molecule has 0 bridgehead atoms. The first kappa shape index (κ1) is 11.7. The molecule has 0 radical (unpaired) electrons. The largest absolute Gasteiger partial charge is 0.330 e. The molecule has 0 fully saturated rings. The lowest BCUT2D eigenvalue weighted by Crippen LogP contribution is -2.22. The van der Waals surface area contributed by atoms with Gasteiger partial charge in [-0.3, -0.25) is 0 Å². The number of nitrogens with two attached hydrogens (primary N) is 1. The highest BCUT2D eigenvalue weighted by Crippen LogP contribution is 2.17. The first-order chi connectivity index (χ1) is 3.62. The summed E-state index contributed by atoms with van der Waals surface area (Å²) in [4.78, 5) is 0. The van der Waals surface area contributed by atoms with Crippen LogP contribution < -0.4 is 5.73 Å². The van der Waals surface area contributed by atoms with Crippen LogP contribution in [0.1, 0.15) is 20.3 Å². The molecule has 0 spiro atoms. The lowest BCUT2D eigenvalue weighted by atomic mass is 9.90. The van der Waals surface area contributed by atoms with Gasteiger partial charge < -0.3 is 5.73 Å². The molecule has 0 aliphatic heterocycles. The first-order valence-corrected chi connectivity index (χ1v) is 2.93. The Morgan fingerprint density at radius 3 is 2.11 bits per heavy atom. The van der Waals surface area contributed by atoms with Gasteiger partial charge in [0.1, 0.15) is 0 Å². The van der Waals surface area contributed by atoms with Crippen LogP contribution >= 0.6 is 12.4 Å². The van der Waals surface area contributed by atoms with E-state index in [4.69, 9.17) is 5.73 Å². The molecule has 0 atom stereocenters. The summed E-state index contributed by atoms with van der Waals surface area (Å²) in [6.45, 7) is 8.64. The van der Waals surface area contributed by atoms with Gasteiger partial charge in [0.25, 0.3) is 0 Å². The van der Waals surface area contributed by atoms with Gasteiger partial charge in [-0.05, 0) is 18.4 Å². The molecule has 56 valence electrons. The van der Waals surface area contributed by atoms with Crippen molar-refractivity contribution in [3.63, 3.8) is 0 Å². The quantitative estimate of drug-likeness (QED) is 0.611. The Hall–Kier alpha value is -0.0100. The van der Waals surface area contributed by atoms with Crippen molar-refractivity contribution in [3.8, 4) is 0 Å². The molecule has 0 aliphatic carbocycles. The summed E-state index contributed by atoms with van der Waals surface area (Å²) in [5, 5.41) is 0. The Kier molecular flexibility index (Phi) is 6.30. The average molecular weight is 150 g/mol. The smallest absolute Gasteiger partial charge is 0.00229 e. The summed E-state index contributed by atoms with van der Waals surface area (Å²) in [5.74, 6) is 0. The molecule has 0 saturated heterocycles. The molecule has 0 saturated carbocycles. The topological polar surface area (TPSA) is 26.0 Å². The third-order valence-corrected chi connectivity index (χ3v) is 1.25. The van der Waals surface area contributed by atoms with Crippen LogP contribution in [0.3, 0.4) is 0 Å². The number of halogens is 1. The van der Waals surface area contributed by atoms with E-state index in [2.05, 4.69) is 20.4 Å². The van der Waals surface area contributed by atoms with Gasteiger partial charge in [0.05, 0.1) is 0 Å². The number of allylic oxidation sites excluding steroid dienone is 1. The minimum Gasteiger partial charge on any atom is -0.330 e. The highest BCUT2D eigenvalue weighted by molar-refractivity contribution is 5.85.